The Hall–Kier alpha value is -2.41. The van der Waals surface area contributed by atoms with Crippen LogP contribution in [0.1, 0.15) is 94.9 Å². The number of hydrogen-bond donors (Lipinski definition) is 1. The smallest absolute Gasteiger partial charge is 0.0274 e. The summed E-state index contributed by atoms with van der Waals surface area (Å²) in [5.41, 5.74) is 7.67. The lowest BCUT2D eigenvalue weighted by molar-refractivity contribution is 0.414. The van der Waals surface area contributed by atoms with Crippen molar-refractivity contribution < 1.29 is 0 Å². The lowest BCUT2D eigenvalue weighted by Gasteiger charge is -2.41. The second-order valence-electron chi connectivity index (χ2n) is 14.3. The Kier molecular flexibility index (Phi) is 8.16. The van der Waals surface area contributed by atoms with E-state index in [4.69, 9.17) is 0 Å². The normalized spacial score (nSPS) is 31.8. The van der Waals surface area contributed by atoms with Crippen LogP contribution in [0.25, 0.3) is 0 Å². The van der Waals surface area contributed by atoms with Gasteiger partial charge in [-0.1, -0.05) is 136 Å². The van der Waals surface area contributed by atoms with Crippen molar-refractivity contribution in [3.63, 3.8) is 0 Å². The van der Waals surface area contributed by atoms with E-state index in [0.717, 1.165) is 30.5 Å². The van der Waals surface area contributed by atoms with Gasteiger partial charge in [0.05, 0.1) is 0 Å². The van der Waals surface area contributed by atoms with Crippen LogP contribution in [0.5, 0.6) is 0 Å². The van der Waals surface area contributed by atoms with Crippen molar-refractivity contribution in [2.75, 3.05) is 0 Å². The molecule has 38 heavy (non-hydrogen) atoms. The number of allylic oxidation sites excluding steroid dienone is 14. The Labute approximate surface area is 234 Å². The molecule has 0 aromatic carbocycles. The van der Waals surface area contributed by atoms with Gasteiger partial charge in [0.1, 0.15) is 0 Å². The van der Waals surface area contributed by atoms with Gasteiger partial charge in [0.2, 0.25) is 0 Å². The first-order valence-electron chi connectivity index (χ1n) is 14.6. The van der Waals surface area contributed by atoms with Crippen LogP contribution in [0.4, 0.5) is 0 Å². The molecule has 1 N–H and O–H groups in total. The van der Waals surface area contributed by atoms with E-state index in [2.05, 4.69) is 125 Å². The molecule has 0 heterocycles. The summed E-state index contributed by atoms with van der Waals surface area (Å²) in [6, 6.07) is 0. The third-order valence-electron chi connectivity index (χ3n) is 10.1. The summed E-state index contributed by atoms with van der Waals surface area (Å²) in [6.45, 7) is 31.4. The third kappa shape index (κ3) is 5.36. The zero-order chi connectivity index (χ0) is 28.7. The van der Waals surface area contributed by atoms with Gasteiger partial charge in [-0.25, -0.2) is 0 Å². The summed E-state index contributed by atoms with van der Waals surface area (Å²) in [5, 5.41) is 9.31. The first-order valence-corrected chi connectivity index (χ1v) is 14.6. The summed E-state index contributed by atoms with van der Waals surface area (Å²) in [6.07, 6.45) is 24.2. The van der Waals surface area contributed by atoms with Crippen LogP contribution in [0.15, 0.2) is 95.7 Å². The van der Waals surface area contributed by atoms with Gasteiger partial charge >= 0.3 is 0 Å². The summed E-state index contributed by atoms with van der Waals surface area (Å²) in [4.78, 5) is 0. The molecule has 0 bridgehead atoms. The van der Waals surface area contributed by atoms with Crippen molar-refractivity contribution >= 4 is 5.71 Å². The first-order chi connectivity index (χ1) is 17.5. The minimum Gasteiger partial charge on any atom is -0.308 e. The first kappa shape index (κ1) is 30.1. The largest absolute Gasteiger partial charge is 0.308 e. The zero-order valence-corrected chi connectivity index (χ0v) is 26.0. The molecule has 0 spiro atoms. The van der Waals surface area contributed by atoms with Crippen molar-refractivity contribution in [2.45, 2.75) is 94.9 Å². The van der Waals surface area contributed by atoms with Gasteiger partial charge in [-0.15, -0.1) is 0 Å². The van der Waals surface area contributed by atoms with Crippen LogP contribution >= 0.6 is 0 Å². The standard InChI is InChI=1S/C37H53N/c1-13-15-16-17-26(3)30-24-36(12,23-20-31(30)37(14-2)25-34(37,9)10)28(5)27(4)32(38)35(11)21-18-29(19-22-35)33(6,7)8/h13,15-21,24,27,38H,1,5,14,22-23,25H2,2-4,6-12H3/b16-15-,26-17+,38-32?. The molecule has 1 saturated carbocycles. The Morgan fingerprint density at radius 1 is 1.08 bits per heavy atom. The van der Waals surface area contributed by atoms with E-state index in [-0.39, 0.29) is 27.6 Å². The second-order valence-corrected chi connectivity index (χ2v) is 14.3. The fraction of sp³-hybridized carbons (Fsp3) is 0.541. The van der Waals surface area contributed by atoms with Crippen LogP contribution in [-0.2, 0) is 0 Å². The zero-order valence-electron chi connectivity index (χ0n) is 26.0. The lowest BCUT2D eigenvalue weighted by Crippen LogP contribution is -2.36. The van der Waals surface area contributed by atoms with Crippen LogP contribution in [-0.4, -0.2) is 5.71 Å². The van der Waals surface area contributed by atoms with Gasteiger partial charge in [-0.3, -0.25) is 0 Å². The summed E-state index contributed by atoms with van der Waals surface area (Å²) < 4.78 is 0. The summed E-state index contributed by atoms with van der Waals surface area (Å²) in [7, 11) is 0. The molecule has 0 aliphatic heterocycles. The third-order valence-corrected chi connectivity index (χ3v) is 10.1. The van der Waals surface area contributed by atoms with Gasteiger partial charge in [-0.2, -0.15) is 0 Å². The fourth-order valence-electron chi connectivity index (χ4n) is 6.87. The van der Waals surface area contributed by atoms with E-state index in [9.17, 15) is 5.41 Å². The van der Waals surface area contributed by atoms with Gasteiger partial charge in [-0.05, 0) is 65.7 Å². The maximum atomic E-state index is 9.31. The highest BCUT2D eigenvalue weighted by Gasteiger charge is 2.62. The van der Waals surface area contributed by atoms with Gasteiger partial charge < -0.3 is 5.41 Å². The van der Waals surface area contributed by atoms with Crippen molar-refractivity contribution in [1.82, 2.24) is 0 Å². The quantitative estimate of drug-likeness (QED) is 0.181. The second kappa shape index (κ2) is 10.3. The summed E-state index contributed by atoms with van der Waals surface area (Å²) >= 11 is 0. The highest BCUT2D eigenvalue weighted by molar-refractivity contribution is 5.93. The number of hydrogen-bond acceptors (Lipinski definition) is 1. The van der Waals surface area contributed by atoms with Crippen molar-refractivity contribution in [1.29, 1.82) is 5.41 Å². The predicted molar refractivity (Wildman–Crippen MR) is 169 cm³/mol. The molecule has 0 amide bonds. The Morgan fingerprint density at radius 3 is 2.16 bits per heavy atom. The molecule has 0 saturated heterocycles. The topological polar surface area (TPSA) is 23.9 Å². The number of rotatable bonds is 9. The van der Waals surface area contributed by atoms with Gasteiger partial charge in [0.25, 0.3) is 0 Å². The Bertz CT molecular complexity index is 1180. The molecule has 4 unspecified atom stereocenters. The molecule has 0 radical (unpaired) electrons. The minimum atomic E-state index is -0.273. The molecule has 3 aliphatic rings. The van der Waals surface area contributed by atoms with E-state index in [1.807, 2.05) is 12.2 Å². The Balaban J connectivity index is 1.94. The van der Waals surface area contributed by atoms with Crippen molar-refractivity contribution in [3.8, 4) is 0 Å². The van der Waals surface area contributed by atoms with Crippen LogP contribution in [0.3, 0.4) is 0 Å². The molecule has 3 aliphatic carbocycles. The molecular formula is C37H53N. The van der Waals surface area contributed by atoms with Gasteiger partial charge in [0, 0.05) is 27.9 Å². The minimum absolute atomic E-state index is 0.00543. The molecule has 1 nitrogen and oxygen atoms in total. The van der Waals surface area contributed by atoms with Crippen LogP contribution in [0, 0.1) is 38.4 Å². The molecule has 0 aromatic rings. The lowest BCUT2D eigenvalue weighted by atomic mass is 9.63. The van der Waals surface area contributed by atoms with E-state index in [0.29, 0.717) is 5.41 Å². The summed E-state index contributed by atoms with van der Waals surface area (Å²) in [5.74, 6) is -0.00543. The molecule has 1 fully saturated rings. The number of nitrogens with one attached hydrogen (secondary N) is 1. The van der Waals surface area contributed by atoms with E-state index in [1.165, 1.54) is 28.7 Å². The molecule has 206 valence electrons. The Morgan fingerprint density at radius 2 is 1.68 bits per heavy atom. The average molecular weight is 512 g/mol. The highest BCUT2D eigenvalue weighted by Crippen LogP contribution is 2.71. The molecule has 3 rings (SSSR count). The van der Waals surface area contributed by atoms with Gasteiger partial charge in [0.15, 0.2) is 0 Å². The van der Waals surface area contributed by atoms with E-state index < -0.39 is 0 Å². The van der Waals surface area contributed by atoms with Crippen LogP contribution in [0.2, 0.25) is 0 Å². The highest BCUT2D eigenvalue weighted by atomic mass is 14.7. The predicted octanol–water partition coefficient (Wildman–Crippen LogP) is 10.9. The van der Waals surface area contributed by atoms with Crippen molar-refractivity contribution in [3.05, 3.63) is 95.7 Å². The van der Waals surface area contributed by atoms with Crippen molar-refractivity contribution in [2.24, 2.45) is 33.0 Å². The fourth-order valence-corrected chi connectivity index (χ4v) is 6.87. The molecule has 4 atom stereocenters. The molecule has 1 heteroatoms. The maximum absolute atomic E-state index is 9.31. The maximum Gasteiger partial charge on any atom is 0.0274 e. The van der Waals surface area contributed by atoms with E-state index >= 15 is 0 Å². The molecule has 0 aromatic heterocycles. The SMILES string of the molecule is C=C/C=C\C=C(/C)C1=CC(C)(C(=C)C(C)C(=N)C2(C)C=CC(C(C)(C)C)=CC2)CC=C1C1(CC)CC1(C)C. The monoisotopic (exact) mass is 511 g/mol. The average Bonchev–Trinajstić information content (AvgIpc) is 3.43. The molecular weight excluding hydrogens is 458 g/mol. The van der Waals surface area contributed by atoms with Crippen LogP contribution < -0.4 is 0 Å². The van der Waals surface area contributed by atoms with E-state index in [1.54, 1.807) is 0 Å².